The number of anilines is 2. The summed E-state index contributed by atoms with van der Waals surface area (Å²) in [5, 5.41) is 15.8. The number of nitrogens with one attached hydrogen (secondary N) is 3. The van der Waals surface area contributed by atoms with E-state index in [-0.39, 0.29) is 24.3 Å². The molecule has 1 heterocycles. The SMILES string of the molecule is CC1(C=O)CC(C)(C(N)=O)CC(C)(C(=O)NCc2cccc(-n3nc(C(C)(C)C)cc3NC(=O)Nc3cccc4ccccc34)c2)C1. The average molecular weight is 637 g/mol. The summed E-state index contributed by atoms with van der Waals surface area (Å²) in [5.41, 5.74) is 5.66. The van der Waals surface area contributed by atoms with Crippen LogP contribution in [0.1, 0.15) is 72.1 Å². The van der Waals surface area contributed by atoms with Crippen molar-refractivity contribution in [1.82, 2.24) is 15.1 Å². The van der Waals surface area contributed by atoms with Crippen molar-refractivity contribution in [1.29, 1.82) is 0 Å². The third-order valence-corrected chi connectivity index (χ3v) is 9.16. The number of hydrogen-bond donors (Lipinski definition) is 4. The van der Waals surface area contributed by atoms with E-state index in [1.54, 1.807) is 25.5 Å². The van der Waals surface area contributed by atoms with Gasteiger partial charge in [0.1, 0.15) is 12.1 Å². The molecule has 0 saturated heterocycles. The molecule has 0 aliphatic heterocycles. The summed E-state index contributed by atoms with van der Waals surface area (Å²) in [5.74, 6) is -0.270. The van der Waals surface area contributed by atoms with Crippen LogP contribution < -0.4 is 21.7 Å². The zero-order valence-corrected chi connectivity index (χ0v) is 27.9. The third kappa shape index (κ3) is 7.06. The van der Waals surface area contributed by atoms with E-state index in [1.165, 1.54) is 0 Å². The number of urea groups is 1. The predicted octanol–water partition coefficient (Wildman–Crippen LogP) is 6.47. The number of fused-ring (bicyclic) bond motifs is 1. The maximum Gasteiger partial charge on any atom is 0.324 e. The van der Waals surface area contributed by atoms with Gasteiger partial charge in [-0.1, -0.05) is 90.1 Å². The van der Waals surface area contributed by atoms with Gasteiger partial charge >= 0.3 is 6.03 Å². The molecule has 1 aromatic heterocycles. The minimum absolute atomic E-state index is 0.213. The highest BCUT2D eigenvalue weighted by Crippen LogP contribution is 2.53. The van der Waals surface area contributed by atoms with Crippen LogP contribution in [0.2, 0.25) is 0 Å². The first kappa shape index (κ1) is 33.4. The van der Waals surface area contributed by atoms with Gasteiger partial charge in [0.15, 0.2) is 0 Å². The lowest BCUT2D eigenvalue weighted by atomic mass is 9.54. The normalized spacial score (nSPS) is 22.8. The smallest absolute Gasteiger partial charge is 0.324 e. The van der Waals surface area contributed by atoms with Crippen LogP contribution >= 0.6 is 0 Å². The molecule has 0 spiro atoms. The standard InChI is InChI=1S/C37H44N6O4/c1-34(2,3)29-18-30(41-33(47)40-28-16-10-13-25-12-7-8-15-27(25)28)43(42-29)26-14-9-11-24(17-26)19-39-32(46)37(6)21-35(4,23-44)20-36(5,22-37)31(38)45/h7-18,23H,19-22H2,1-6H3,(H2,38,45)(H,39,46)(H2,40,41,47). The van der Waals surface area contributed by atoms with Gasteiger partial charge in [-0.3, -0.25) is 14.9 Å². The molecule has 3 unspecified atom stereocenters. The molecule has 4 aromatic rings. The lowest BCUT2D eigenvalue weighted by molar-refractivity contribution is -0.148. The monoisotopic (exact) mass is 636 g/mol. The highest BCUT2D eigenvalue weighted by Gasteiger charge is 2.54. The molecular weight excluding hydrogens is 592 g/mol. The van der Waals surface area contributed by atoms with E-state index < -0.39 is 28.2 Å². The molecule has 4 amide bonds. The first-order valence-corrected chi connectivity index (χ1v) is 15.8. The van der Waals surface area contributed by atoms with Crippen molar-refractivity contribution in [3.63, 3.8) is 0 Å². The Kier molecular flexibility index (Phi) is 8.75. The molecule has 1 fully saturated rings. The van der Waals surface area contributed by atoms with E-state index in [4.69, 9.17) is 10.8 Å². The van der Waals surface area contributed by atoms with Crippen molar-refractivity contribution in [3.8, 4) is 5.69 Å². The summed E-state index contributed by atoms with van der Waals surface area (Å²) in [6.07, 6.45) is 1.72. The summed E-state index contributed by atoms with van der Waals surface area (Å²) in [4.78, 5) is 51.3. The number of aldehydes is 1. The maximum atomic E-state index is 13.6. The summed E-state index contributed by atoms with van der Waals surface area (Å²) >= 11 is 0. The van der Waals surface area contributed by atoms with Crippen molar-refractivity contribution in [2.24, 2.45) is 22.0 Å². The van der Waals surface area contributed by atoms with Crippen LogP contribution in [0, 0.1) is 16.2 Å². The lowest BCUT2D eigenvalue weighted by Crippen LogP contribution is -2.54. The molecule has 3 atom stereocenters. The van der Waals surface area contributed by atoms with Crippen molar-refractivity contribution in [2.45, 2.75) is 72.8 Å². The van der Waals surface area contributed by atoms with E-state index in [2.05, 4.69) is 36.7 Å². The molecule has 5 N–H and O–H groups in total. The molecule has 1 aliphatic rings. The van der Waals surface area contributed by atoms with Crippen molar-refractivity contribution < 1.29 is 19.2 Å². The zero-order chi connectivity index (χ0) is 34.2. The summed E-state index contributed by atoms with van der Waals surface area (Å²) in [7, 11) is 0. The Balaban J connectivity index is 1.37. The minimum atomic E-state index is -0.978. The fourth-order valence-corrected chi connectivity index (χ4v) is 7.08. The molecule has 5 rings (SSSR count). The topological polar surface area (TPSA) is 148 Å². The van der Waals surface area contributed by atoms with E-state index in [1.807, 2.05) is 72.8 Å². The Morgan fingerprint density at radius 2 is 1.57 bits per heavy atom. The third-order valence-electron chi connectivity index (χ3n) is 9.16. The summed E-state index contributed by atoms with van der Waals surface area (Å²) < 4.78 is 1.69. The Morgan fingerprint density at radius 3 is 2.28 bits per heavy atom. The number of hydrogen-bond acceptors (Lipinski definition) is 5. The molecular formula is C37H44N6O4. The van der Waals surface area contributed by atoms with Gasteiger partial charge in [0.2, 0.25) is 11.8 Å². The molecule has 246 valence electrons. The summed E-state index contributed by atoms with van der Waals surface area (Å²) in [6.45, 7) is 11.7. The quantitative estimate of drug-likeness (QED) is 0.164. The molecule has 10 nitrogen and oxygen atoms in total. The molecule has 0 radical (unpaired) electrons. The number of nitrogens with two attached hydrogens (primary N) is 1. The number of carbonyl (C=O) groups excluding carboxylic acids is 4. The number of amides is 4. The zero-order valence-electron chi connectivity index (χ0n) is 27.9. The van der Waals surface area contributed by atoms with Crippen molar-refractivity contribution in [3.05, 3.63) is 84.1 Å². The molecule has 47 heavy (non-hydrogen) atoms. The van der Waals surface area contributed by atoms with Crippen LogP contribution in [0.5, 0.6) is 0 Å². The largest absolute Gasteiger partial charge is 0.369 e. The second-order valence-corrected chi connectivity index (χ2v) is 14.8. The maximum absolute atomic E-state index is 13.6. The van der Waals surface area contributed by atoms with Crippen molar-refractivity contribution in [2.75, 3.05) is 10.6 Å². The molecule has 1 saturated carbocycles. The van der Waals surface area contributed by atoms with E-state index >= 15 is 0 Å². The predicted molar refractivity (Wildman–Crippen MR) is 184 cm³/mol. The molecule has 1 aliphatic carbocycles. The number of carbonyl (C=O) groups is 4. The average Bonchev–Trinajstić information content (AvgIpc) is 3.44. The molecule has 3 aromatic carbocycles. The van der Waals surface area contributed by atoms with E-state index in [0.29, 0.717) is 30.0 Å². The Labute approximate surface area is 275 Å². The first-order valence-electron chi connectivity index (χ1n) is 15.8. The highest BCUT2D eigenvalue weighted by atomic mass is 16.2. The van der Waals surface area contributed by atoms with Gasteiger partial charge in [-0.2, -0.15) is 5.10 Å². The number of rotatable bonds is 8. The van der Waals surface area contributed by atoms with E-state index in [0.717, 1.165) is 28.3 Å². The van der Waals surface area contributed by atoms with Gasteiger partial charge in [-0.05, 0) is 48.4 Å². The van der Waals surface area contributed by atoms with Gasteiger partial charge in [0.05, 0.1) is 17.1 Å². The second kappa shape index (κ2) is 12.3. The Hall–Kier alpha value is -4.99. The number of benzene rings is 3. The van der Waals surface area contributed by atoms with Crippen LogP contribution in [-0.2, 0) is 26.3 Å². The van der Waals surface area contributed by atoms with Gasteiger partial charge < -0.3 is 21.2 Å². The van der Waals surface area contributed by atoms with Gasteiger partial charge in [-0.15, -0.1) is 0 Å². The van der Waals surface area contributed by atoms with Crippen LogP contribution in [0.3, 0.4) is 0 Å². The van der Waals surface area contributed by atoms with E-state index in [9.17, 15) is 19.2 Å². The first-order chi connectivity index (χ1) is 22.0. The molecule has 10 heteroatoms. The van der Waals surface area contributed by atoms with Crippen LogP contribution in [0.25, 0.3) is 16.5 Å². The number of primary amides is 1. The second-order valence-electron chi connectivity index (χ2n) is 14.8. The Bertz CT molecular complexity index is 1850. The lowest BCUT2D eigenvalue weighted by Gasteiger charge is -2.48. The van der Waals surface area contributed by atoms with Gasteiger partial charge in [-0.25, -0.2) is 9.48 Å². The fraction of sp³-hybridized carbons (Fsp3) is 0.378. The van der Waals surface area contributed by atoms with Crippen LogP contribution in [-0.4, -0.2) is 33.9 Å². The van der Waals surface area contributed by atoms with Gasteiger partial charge in [0.25, 0.3) is 0 Å². The van der Waals surface area contributed by atoms with Crippen molar-refractivity contribution >= 4 is 46.4 Å². The van der Waals surface area contributed by atoms with Gasteiger partial charge in [0, 0.05) is 39.7 Å². The molecule has 0 bridgehead atoms. The highest BCUT2D eigenvalue weighted by molar-refractivity contribution is 6.06. The van der Waals surface area contributed by atoms with Crippen LogP contribution in [0.15, 0.2) is 72.8 Å². The number of nitrogens with zero attached hydrogens (tertiary/aromatic N) is 2. The number of aromatic nitrogens is 2. The summed E-state index contributed by atoms with van der Waals surface area (Å²) in [6, 6.07) is 22.6. The van der Waals surface area contributed by atoms with Crippen LogP contribution in [0.4, 0.5) is 16.3 Å². The minimum Gasteiger partial charge on any atom is -0.369 e. The Morgan fingerprint density at radius 1 is 0.894 bits per heavy atom. The fourth-order valence-electron chi connectivity index (χ4n) is 7.08.